The van der Waals surface area contributed by atoms with Crippen LogP contribution in [0.15, 0.2) is 0 Å². The van der Waals surface area contributed by atoms with Crippen molar-refractivity contribution in [3.05, 3.63) is 6.57 Å². The summed E-state index contributed by atoms with van der Waals surface area (Å²) in [5.74, 6) is 0. The monoisotopic (exact) mass is 114 g/mol. The van der Waals surface area contributed by atoms with Gasteiger partial charge in [0.2, 0.25) is 0 Å². The van der Waals surface area contributed by atoms with Crippen LogP contribution in [0, 0.1) is 11.8 Å². The summed E-state index contributed by atoms with van der Waals surface area (Å²) in [5.41, 5.74) is 0. The average Bonchev–Trinajstić information content (AvgIpc) is 1.96. The fraction of sp³-hybridized carbons (Fsp3) is 0.800. The van der Waals surface area contributed by atoms with E-state index in [9.17, 15) is 0 Å². The molecule has 3 nitrogen and oxygen atoms in total. The van der Waals surface area contributed by atoms with E-state index in [4.69, 9.17) is 16.6 Å². The molecule has 1 saturated heterocycles. The van der Waals surface area contributed by atoms with Gasteiger partial charge in [0.05, 0.1) is 26.3 Å². The summed E-state index contributed by atoms with van der Waals surface area (Å²) in [6.45, 7) is 8.94. The first-order chi connectivity index (χ1) is 4.00. The van der Waals surface area contributed by atoms with E-state index in [0.717, 1.165) is 26.3 Å². The number of quaternary nitrogens is 1. The Bertz CT molecular complexity index is 47.2. The molecule has 0 radical (unpaired) electrons. The lowest BCUT2D eigenvalue weighted by molar-refractivity contribution is -0.670. The number of nitrogens with two attached hydrogens (primary N) is 1. The molecule has 1 heterocycles. The molecule has 0 unspecified atom stereocenters. The Morgan fingerprint density at radius 3 is 1.88 bits per heavy atom. The topological polar surface area (TPSA) is 49.6 Å². The second-order valence-electron chi connectivity index (χ2n) is 1.48. The predicted molar refractivity (Wildman–Crippen MR) is 27.4 cm³/mol. The largest absolute Gasteiger partial charge is 0.512 e. The molecule has 0 aromatic heterocycles. The van der Waals surface area contributed by atoms with Crippen molar-refractivity contribution in [2.45, 2.75) is 0 Å². The lowest BCUT2D eigenvalue weighted by atomic mass is 10.5. The predicted octanol–water partition coefficient (Wildman–Crippen LogP) is -1.32. The molecule has 2 N–H and O–H groups in total. The second-order valence-corrected chi connectivity index (χ2v) is 1.48. The highest BCUT2D eigenvalue weighted by molar-refractivity contribution is 4.30. The SMILES string of the molecule is C1COCC[NH2+]1.[C-]#N. The Balaban J connectivity index is 0.000000222. The third-order valence-corrected chi connectivity index (χ3v) is 0.933. The van der Waals surface area contributed by atoms with E-state index in [1.807, 2.05) is 0 Å². The van der Waals surface area contributed by atoms with Crippen LogP contribution in [0.4, 0.5) is 0 Å². The minimum Gasteiger partial charge on any atom is -0.512 e. The maximum atomic E-state index is 6.25. The van der Waals surface area contributed by atoms with Gasteiger partial charge in [0.25, 0.3) is 0 Å². The number of nitrogens with zero attached hydrogens (tertiary/aromatic N) is 1. The van der Waals surface area contributed by atoms with Crippen molar-refractivity contribution in [1.29, 1.82) is 5.26 Å². The molecule has 1 fully saturated rings. The van der Waals surface area contributed by atoms with E-state index in [1.165, 1.54) is 0 Å². The Labute approximate surface area is 49.3 Å². The van der Waals surface area contributed by atoms with Crippen molar-refractivity contribution in [3.8, 4) is 0 Å². The average molecular weight is 114 g/mol. The molecule has 1 rings (SSSR count). The van der Waals surface area contributed by atoms with Crippen molar-refractivity contribution in [1.82, 2.24) is 0 Å². The van der Waals surface area contributed by atoms with Gasteiger partial charge >= 0.3 is 0 Å². The van der Waals surface area contributed by atoms with Crippen LogP contribution in [0.1, 0.15) is 0 Å². The molecule has 1 aliphatic heterocycles. The third-order valence-electron chi connectivity index (χ3n) is 0.933. The Morgan fingerprint density at radius 1 is 1.25 bits per heavy atom. The van der Waals surface area contributed by atoms with Crippen molar-refractivity contribution in [3.63, 3.8) is 0 Å². The van der Waals surface area contributed by atoms with Crippen LogP contribution < -0.4 is 5.32 Å². The van der Waals surface area contributed by atoms with Gasteiger partial charge in [0.15, 0.2) is 0 Å². The molecule has 3 heteroatoms. The summed E-state index contributed by atoms with van der Waals surface area (Å²) >= 11 is 0. The van der Waals surface area contributed by atoms with E-state index in [-0.39, 0.29) is 0 Å². The van der Waals surface area contributed by atoms with Crippen LogP contribution in [-0.4, -0.2) is 26.3 Å². The van der Waals surface area contributed by atoms with Crippen LogP contribution in [0.5, 0.6) is 0 Å². The summed E-state index contributed by atoms with van der Waals surface area (Å²) in [5, 5.41) is 8.52. The zero-order valence-electron chi connectivity index (χ0n) is 4.76. The minimum atomic E-state index is 0.944. The van der Waals surface area contributed by atoms with E-state index >= 15 is 0 Å². The summed E-state index contributed by atoms with van der Waals surface area (Å²) in [6.07, 6.45) is 0. The fourth-order valence-corrected chi connectivity index (χ4v) is 0.580. The molecule has 1 aliphatic rings. The van der Waals surface area contributed by atoms with E-state index in [1.54, 1.807) is 0 Å². The van der Waals surface area contributed by atoms with Crippen molar-refractivity contribution in [2.24, 2.45) is 0 Å². The van der Waals surface area contributed by atoms with Gasteiger partial charge < -0.3 is 21.9 Å². The summed E-state index contributed by atoms with van der Waals surface area (Å²) < 4.78 is 5.04. The van der Waals surface area contributed by atoms with Crippen LogP contribution in [0.3, 0.4) is 0 Å². The van der Waals surface area contributed by atoms with Crippen LogP contribution in [0.2, 0.25) is 0 Å². The summed E-state index contributed by atoms with van der Waals surface area (Å²) in [7, 11) is 0. The molecular weight excluding hydrogens is 104 g/mol. The third kappa shape index (κ3) is 3.59. The van der Waals surface area contributed by atoms with Crippen LogP contribution in [0.25, 0.3) is 0 Å². The number of hydrogen-bond acceptors (Lipinski definition) is 2. The fourth-order valence-electron chi connectivity index (χ4n) is 0.580. The Morgan fingerprint density at radius 2 is 1.75 bits per heavy atom. The first kappa shape index (κ1) is 7.41. The molecule has 0 atom stereocenters. The lowest BCUT2D eigenvalue weighted by Crippen LogP contribution is -2.87. The van der Waals surface area contributed by atoms with Crippen LogP contribution >= 0.6 is 0 Å². The van der Waals surface area contributed by atoms with Crippen LogP contribution in [-0.2, 0) is 4.74 Å². The molecule has 0 bridgehead atoms. The number of morpholine rings is 1. The number of hydrogen-bond donors (Lipinski definition) is 1. The van der Waals surface area contributed by atoms with Gasteiger partial charge in [-0.15, -0.1) is 0 Å². The molecule has 8 heavy (non-hydrogen) atoms. The Hall–Kier alpha value is -0.590. The maximum absolute atomic E-state index is 6.25. The van der Waals surface area contributed by atoms with Gasteiger partial charge in [-0.05, 0) is 0 Å². The zero-order valence-corrected chi connectivity index (χ0v) is 4.76. The van der Waals surface area contributed by atoms with Crippen molar-refractivity contribution >= 4 is 0 Å². The molecule has 0 amide bonds. The van der Waals surface area contributed by atoms with Gasteiger partial charge in [-0.3, -0.25) is 0 Å². The molecular formula is C5H10N2O. The second kappa shape index (κ2) is 6.41. The highest BCUT2D eigenvalue weighted by atomic mass is 16.5. The Kier molecular flexibility index (Phi) is 5.94. The number of rotatable bonds is 0. The summed E-state index contributed by atoms with van der Waals surface area (Å²) in [6, 6.07) is 0. The van der Waals surface area contributed by atoms with E-state index < -0.39 is 0 Å². The van der Waals surface area contributed by atoms with Crippen molar-refractivity contribution < 1.29 is 10.1 Å². The zero-order chi connectivity index (χ0) is 6.24. The molecule has 0 saturated carbocycles. The first-order valence-corrected chi connectivity index (χ1v) is 2.62. The highest BCUT2D eigenvalue weighted by Gasteiger charge is 1.96. The van der Waals surface area contributed by atoms with E-state index in [2.05, 4.69) is 5.32 Å². The van der Waals surface area contributed by atoms with Gasteiger partial charge in [-0.25, -0.2) is 0 Å². The molecule has 0 aromatic rings. The number of ether oxygens (including phenoxy) is 1. The first-order valence-electron chi connectivity index (χ1n) is 2.62. The quantitative estimate of drug-likeness (QED) is 0.397. The summed E-state index contributed by atoms with van der Waals surface area (Å²) in [4.78, 5) is 0. The minimum absolute atomic E-state index is 0.944. The standard InChI is InChI=1S/C4H9NO.CN/c1-3-6-4-2-5-1;1-2/h5H,1-4H2;/q;-1/p+1. The lowest BCUT2D eigenvalue weighted by Gasteiger charge is -2.07. The van der Waals surface area contributed by atoms with Gasteiger partial charge in [-0.1, -0.05) is 0 Å². The van der Waals surface area contributed by atoms with Crippen molar-refractivity contribution in [2.75, 3.05) is 26.3 Å². The molecule has 0 aromatic carbocycles. The van der Waals surface area contributed by atoms with Gasteiger partial charge in [-0.2, -0.15) is 0 Å². The highest BCUT2D eigenvalue weighted by Crippen LogP contribution is 1.69. The molecule has 0 spiro atoms. The smallest absolute Gasteiger partial charge is 0.0993 e. The molecule has 0 aliphatic carbocycles. The maximum Gasteiger partial charge on any atom is 0.0993 e. The van der Waals surface area contributed by atoms with Gasteiger partial charge in [0.1, 0.15) is 0 Å². The van der Waals surface area contributed by atoms with Gasteiger partial charge in [0, 0.05) is 0 Å². The normalized spacial score (nSPS) is 18.2. The van der Waals surface area contributed by atoms with E-state index in [0.29, 0.717) is 0 Å². The molecule has 46 valence electrons.